The zero-order chi connectivity index (χ0) is 14.0. The summed E-state index contributed by atoms with van der Waals surface area (Å²) < 4.78 is 5.85. The molecule has 1 aromatic carbocycles. The third-order valence-corrected chi connectivity index (χ3v) is 5.17. The van der Waals surface area contributed by atoms with Gasteiger partial charge in [-0.3, -0.25) is 0 Å². The van der Waals surface area contributed by atoms with E-state index in [-0.39, 0.29) is 0 Å². The van der Waals surface area contributed by atoms with Crippen LogP contribution in [0.5, 0.6) is 0 Å². The molecule has 0 spiro atoms. The highest BCUT2D eigenvalue weighted by Crippen LogP contribution is 2.43. The van der Waals surface area contributed by atoms with E-state index in [1.807, 2.05) is 0 Å². The first-order valence-electron chi connectivity index (χ1n) is 8.14. The lowest BCUT2D eigenvalue weighted by molar-refractivity contribution is 0.0588. The Morgan fingerprint density at radius 2 is 2.05 bits per heavy atom. The molecular weight excluding hydrogens is 246 g/mol. The molecule has 1 aliphatic carbocycles. The molecular formula is C18H27NO. The quantitative estimate of drug-likeness (QED) is 0.884. The minimum atomic E-state index is 0.369. The molecule has 1 N–H and O–H groups in total. The molecule has 2 heteroatoms. The molecule has 1 heterocycles. The van der Waals surface area contributed by atoms with Crippen molar-refractivity contribution < 1.29 is 4.74 Å². The molecule has 110 valence electrons. The monoisotopic (exact) mass is 273 g/mol. The number of benzene rings is 1. The Balaban J connectivity index is 1.54. The van der Waals surface area contributed by atoms with Crippen LogP contribution in [0.3, 0.4) is 0 Å². The van der Waals surface area contributed by atoms with Crippen LogP contribution in [-0.2, 0) is 10.2 Å². The van der Waals surface area contributed by atoms with Crippen molar-refractivity contribution in [3.05, 3.63) is 35.9 Å². The predicted octanol–water partition coefficient (Wildman–Crippen LogP) is 3.65. The number of rotatable bonds is 5. The van der Waals surface area contributed by atoms with E-state index >= 15 is 0 Å². The molecule has 1 saturated carbocycles. The van der Waals surface area contributed by atoms with Crippen LogP contribution in [0.4, 0.5) is 0 Å². The van der Waals surface area contributed by atoms with Crippen LogP contribution in [0, 0.1) is 0 Å². The Bertz CT molecular complexity index is 418. The minimum absolute atomic E-state index is 0.369. The van der Waals surface area contributed by atoms with Crippen molar-refractivity contribution in [3.63, 3.8) is 0 Å². The van der Waals surface area contributed by atoms with Gasteiger partial charge in [-0.15, -0.1) is 0 Å². The van der Waals surface area contributed by atoms with Crippen LogP contribution in [0.15, 0.2) is 30.3 Å². The summed E-state index contributed by atoms with van der Waals surface area (Å²) in [7, 11) is 0. The Labute approximate surface area is 122 Å². The first-order chi connectivity index (χ1) is 9.71. The highest BCUT2D eigenvalue weighted by molar-refractivity contribution is 5.28. The second kappa shape index (κ2) is 5.87. The van der Waals surface area contributed by atoms with Gasteiger partial charge in [0.15, 0.2) is 0 Å². The smallest absolute Gasteiger partial charge is 0.0728 e. The molecule has 0 amide bonds. The first-order valence-corrected chi connectivity index (χ1v) is 8.14. The van der Waals surface area contributed by atoms with Crippen molar-refractivity contribution in [3.8, 4) is 0 Å². The molecule has 2 atom stereocenters. The Morgan fingerprint density at radius 1 is 1.30 bits per heavy atom. The molecule has 0 bridgehead atoms. The van der Waals surface area contributed by atoms with Gasteiger partial charge in [-0.2, -0.15) is 0 Å². The summed E-state index contributed by atoms with van der Waals surface area (Å²) in [5.74, 6) is 0. The zero-order valence-electron chi connectivity index (χ0n) is 12.8. The van der Waals surface area contributed by atoms with E-state index in [1.165, 1.54) is 37.7 Å². The third-order valence-electron chi connectivity index (χ3n) is 5.17. The normalized spacial score (nSPS) is 34.7. The van der Waals surface area contributed by atoms with Gasteiger partial charge in [0, 0.05) is 18.7 Å². The highest BCUT2D eigenvalue weighted by atomic mass is 16.5. The van der Waals surface area contributed by atoms with Crippen molar-refractivity contribution in [1.29, 1.82) is 0 Å². The largest absolute Gasteiger partial charge is 0.377 e. The molecule has 1 saturated heterocycles. The molecule has 0 radical (unpaired) electrons. The van der Waals surface area contributed by atoms with Gasteiger partial charge >= 0.3 is 0 Å². The van der Waals surface area contributed by atoms with Crippen LogP contribution in [0.25, 0.3) is 0 Å². The first kappa shape index (κ1) is 14.1. The van der Waals surface area contributed by atoms with Crippen LogP contribution in [0.2, 0.25) is 0 Å². The fraction of sp³-hybridized carbons (Fsp3) is 0.667. The van der Waals surface area contributed by atoms with Gasteiger partial charge in [0.1, 0.15) is 0 Å². The van der Waals surface area contributed by atoms with E-state index in [0.717, 1.165) is 6.61 Å². The van der Waals surface area contributed by atoms with Gasteiger partial charge < -0.3 is 10.1 Å². The highest BCUT2D eigenvalue weighted by Gasteiger charge is 2.42. The predicted molar refractivity (Wildman–Crippen MR) is 83.0 cm³/mol. The zero-order valence-corrected chi connectivity index (χ0v) is 12.8. The van der Waals surface area contributed by atoms with Crippen LogP contribution < -0.4 is 5.32 Å². The topological polar surface area (TPSA) is 21.3 Å². The van der Waals surface area contributed by atoms with Gasteiger partial charge in [0.25, 0.3) is 0 Å². The molecule has 3 rings (SSSR count). The molecule has 0 unspecified atom stereocenters. The second-order valence-electron chi connectivity index (χ2n) is 6.76. The maximum atomic E-state index is 5.85. The van der Waals surface area contributed by atoms with E-state index in [0.29, 0.717) is 23.6 Å². The molecule has 0 aromatic heterocycles. The van der Waals surface area contributed by atoms with E-state index in [9.17, 15) is 0 Å². The Kier molecular flexibility index (Phi) is 4.13. The molecule has 2 nitrogen and oxygen atoms in total. The average molecular weight is 273 g/mol. The van der Waals surface area contributed by atoms with E-state index in [4.69, 9.17) is 4.74 Å². The second-order valence-corrected chi connectivity index (χ2v) is 6.76. The molecule has 2 fully saturated rings. The maximum Gasteiger partial charge on any atom is 0.0728 e. The maximum absolute atomic E-state index is 5.85. The standard InChI is InChI=1S/C18H27NO/c1-3-16(17-10-7-11-20-17)19-15-12-18(2,13-15)14-8-5-4-6-9-14/h4-6,8-9,15-17,19H,3,7,10-13H2,1-2H3/t15?,16-,17+,18?/m1/s1. The summed E-state index contributed by atoms with van der Waals surface area (Å²) in [5.41, 5.74) is 1.86. The number of ether oxygens (including phenoxy) is 1. The Morgan fingerprint density at radius 3 is 2.65 bits per heavy atom. The van der Waals surface area contributed by atoms with Crippen LogP contribution in [-0.4, -0.2) is 24.8 Å². The summed E-state index contributed by atoms with van der Waals surface area (Å²) >= 11 is 0. The van der Waals surface area contributed by atoms with Crippen molar-refractivity contribution in [2.24, 2.45) is 0 Å². The lowest BCUT2D eigenvalue weighted by atomic mass is 9.63. The van der Waals surface area contributed by atoms with Crippen LogP contribution in [0.1, 0.15) is 51.5 Å². The van der Waals surface area contributed by atoms with Gasteiger partial charge in [-0.1, -0.05) is 44.2 Å². The van der Waals surface area contributed by atoms with E-state index in [1.54, 1.807) is 0 Å². The van der Waals surface area contributed by atoms with Crippen molar-refractivity contribution in [1.82, 2.24) is 5.32 Å². The molecule has 20 heavy (non-hydrogen) atoms. The van der Waals surface area contributed by atoms with Gasteiger partial charge in [0.05, 0.1) is 6.10 Å². The van der Waals surface area contributed by atoms with E-state index < -0.39 is 0 Å². The van der Waals surface area contributed by atoms with Crippen LogP contribution >= 0.6 is 0 Å². The van der Waals surface area contributed by atoms with Gasteiger partial charge in [0.2, 0.25) is 0 Å². The minimum Gasteiger partial charge on any atom is -0.377 e. The third kappa shape index (κ3) is 2.77. The molecule has 1 aliphatic heterocycles. The van der Waals surface area contributed by atoms with Crippen molar-refractivity contribution in [2.45, 2.75) is 69.6 Å². The van der Waals surface area contributed by atoms with Gasteiger partial charge in [-0.05, 0) is 43.1 Å². The van der Waals surface area contributed by atoms with Crippen molar-refractivity contribution in [2.75, 3.05) is 6.61 Å². The van der Waals surface area contributed by atoms with Crippen molar-refractivity contribution >= 4 is 0 Å². The molecule has 1 aromatic rings. The lowest BCUT2D eigenvalue weighted by Gasteiger charge is -2.48. The number of hydrogen-bond donors (Lipinski definition) is 1. The summed E-state index contributed by atoms with van der Waals surface area (Å²) in [4.78, 5) is 0. The SMILES string of the molecule is CC[C@@H](NC1CC(C)(c2ccccc2)C1)[C@@H]1CCCO1. The number of hydrogen-bond acceptors (Lipinski definition) is 2. The fourth-order valence-electron chi connectivity index (χ4n) is 3.93. The molecule has 2 aliphatic rings. The summed E-state index contributed by atoms with van der Waals surface area (Å²) in [6.45, 7) is 5.62. The van der Waals surface area contributed by atoms with Gasteiger partial charge in [-0.25, -0.2) is 0 Å². The fourth-order valence-corrected chi connectivity index (χ4v) is 3.93. The lowest BCUT2D eigenvalue weighted by Crippen LogP contribution is -2.55. The Hall–Kier alpha value is -0.860. The van der Waals surface area contributed by atoms with E-state index in [2.05, 4.69) is 49.5 Å². The summed E-state index contributed by atoms with van der Waals surface area (Å²) in [5, 5.41) is 3.85. The summed E-state index contributed by atoms with van der Waals surface area (Å²) in [6, 6.07) is 12.2. The average Bonchev–Trinajstić information content (AvgIpc) is 2.97. The summed E-state index contributed by atoms with van der Waals surface area (Å²) in [6.07, 6.45) is 6.58. The number of nitrogens with one attached hydrogen (secondary N) is 1.